The van der Waals surface area contributed by atoms with Gasteiger partial charge < -0.3 is 10.2 Å². The van der Waals surface area contributed by atoms with Crippen LogP contribution in [0.2, 0.25) is 0 Å². The normalized spacial score (nSPS) is 25.1. The Kier molecular flexibility index (Phi) is 4.98. The van der Waals surface area contributed by atoms with Crippen LogP contribution in [0.1, 0.15) is 39.5 Å². The van der Waals surface area contributed by atoms with Crippen LogP contribution in [0.25, 0.3) is 0 Å². The maximum Gasteiger partial charge on any atom is 0.166 e. The Hall–Kier alpha value is -0.450. The number of carbonyl (C=O) groups is 1. The van der Waals surface area contributed by atoms with E-state index in [1.807, 2.05) is 0 Å². The molecule has 2 rings (SSSR count). The first-order chi connectivity index (χ1) is 9.02. The highest BCUT2D eigenvalue weighted by molar-refractivity contribution is 5.90. The van der Waals surface area contributed by atoms with Crippen LogP contribution in [0.4, 0.5) is 0 Å². The first-order valence-corrected chi connectivity index (χ1v) is 7.74. The highest BCUT2D eigenvalue weighted by Gasteiger charge is 2.41. The van der Waals surface area contributed by atoms with E-state index in [2.05, 4.69) is 36.0 Å². The number of likely N-dealkylation sites (N-methyl/N-ethyl adjacent to an activating group) is 1. The number of rotatable bonds is 5. The van der Waals surface area contributed by atoms with E-state index in [1.165, 1.54) is 12.8 Å². The first kappa shape index (κ1) is 14.9. The van der Waals surface area contributed by atoms with Crippen LogP contribution in [-0.4, -0.2) is 66.9 Å². The minimum Gasteiger partial charge on any atom is -0.304 e. The van der Waals surface area contributed by atoms with E-state index in [0.717, 1.165) is 39.0 Å². The van der Waals surface area contributed by atoms with Crippen LogP contribution in [0.15, 0.2) is 0 Å². The summed E-state index contributed by atoms with van der Waals surface area (Å²) in [6, 6.07) is 0.384. The molecule has 0 aromatic heterocycles. The molecule has 1 saturated carbocycles. The minimum atomic E-state index is -0.225. The fraction of sp³-hybridized carbons (Fsp3) is 0.933. The molecule has 110 valence electrons. The molecule has 1 N–H and O–H groups in total. The van der Waals surface area contributed by atoms with Crippen molar-refractivity contribution in [1.29, 1.82) is 0 Å². The van der Waals surface area contributed by atoms with Crippen molar-refractivity contribution in [3.63, 3.8) is 0 Å². The average Bonchev–Trinajstić information content (AvgIpc) is 2.81. The Morgan fingerprint density at radius 1 is 1.16 bits per heavy atom. The molecule has 4 nitrogen and oxygen atoms in total. The number of nitrogens with one attached hydrogen (secondary N) is 1. The van der Waals surface area contributed by atoms with Crippen molar-refractivity contribution in [2.45, 2.75) is 51.1 Å². The lowest BCUT2D eigenvalue weighted by Crippen LogP contribution is -2.57. The molecule has 0 unspecified atom stereocenters. The number of hydrogen-bond acceptors (Lipinski definition) is 4. The van der Waals surface area contributed by atoms with Gasteiger partial charge in [-0.1, -0.05) is 12.8 Å². The second-order valence-electron chi connectivity index (χ2n) is 6.59. The molecule has 2 aliphatic rings. The van der Waals surface area contributed by atoms with Crippen molar-refractivity contribution in [1.82, 2.24) is 15.1 Å². The van der Waals surface area contributed by atoms with Crippen LogP contribution in [-0.2, 0) is 4.79 Å². The molecule has 0 bridgehead atoms. The van der Waals surface area contributed by atoms with Gasteiger partial charge in [-0.3, -0.25) is 9.69 Å². The molecule has 0 spiro atoms. The van der Waals surface area contributed by atoms with Crippen molar-refractivity contribution in [2.24, 2.45) is 0 Å². The van der Waals surface area contributed by atoms with Gasteiger partial charge in [0, 0.05) is 32.2 Å². The maximum atomic E-state index is 12.7. The van der Waals surface area contributed by atoms with Gasteiger partial charge in [-0.25, -0.2) is 0 Å². The molecule has 0 aromatic carbocycles. The van der Waals surface area contributed by atoms with Crippen LogP contribution in [0.5, 0.6) is 0 Å². The van der Waals surface area contributed by atoms with Gasteiger partial charge in [0.2, 0.25) is 0 Å². The Bertz CT molecular complexity index is 303. The molecule has 0 amide bonds. The third-order valence-electron chi connectivity index (χ3n) is 4.52. The SMILES string of the molecule is CC(C)NC1(C(=O)CN2CCN(C)CC2)CCCC1. The molecule has 4 heteroatoms. The van der Waals surface area contributed by atoms with E-state index in [-0.39, 0.29) is 5.54 Å². The fourth-order valence-electron chi connectivity index (χ4n) is 3.40. The van der Waals surface area contributed by atoms with Gasteiger partial charge >= 0.3 is 0 Å². The lowest BCUT2D eigenvalue weighted by atomic mass is 9.90. The summed E-state index contributed by atoms with van der Waals surface area (Å²) in [7, 11) is 2.15. The Morgan fingerprint density at radius 3 is 2.26 bits per heavy atom. The molecule has 0 atom stereocenters. The second kappa shape index (κ2) is 6.33. The Morgan fingerprint density at radius 2 is 1.74 bits per heavy atom. The summed E-state index contributed by atoms with van der Waals surface area (Å²) >= 11 is 0. The van der Waals surface area contributed by atoms with Gasteiger partial charge in [0.1, 0.15) is 0 Å². The van der Waals surface area contributed by atoms with Crippen LogP contribution >= 0.6 is 0 Å². The number of Topliss-reactive ketones (excluding diaryl/α,β-unsaturated/α-hetero) is 1. The molecule has 2 fully saturated rings. The summed E-state index contributed by atoms with van der Waals surface area (Å²) in [4.78, 5) is 17.4. The van der Waals surface area contributed by atoms with E-state index in [0.29, 0.717) is 18.4 Å². The van der Waals surface area contributed by atoms with E-state index >= 15 is 0 Å². The summed E-state index contributed by atoms with van der Waals surface area (Å²) in [5.74, 6) is 0.420. The lowest BCUT2D eigenvalue weighted by molar-refractivity contribution is -0.127. The van der Waals surface area contributed by atoms with Gasteiger partial charge in [-0.15, -0.1) is 0 Å². The smallest absolute Gasteiger partial charge is 0.166 e. The largest absolute Gasteiger partial charge is 0.304 e. The van der Waals surface area contributed by atoms with E-state index in [1.54, 1.807) is 0 Å². The second-order valence-corrected chi connectivity index (χ2v) is 6.59. The zero-order valence-electron chi connectivity index (χ0n) is 12.7. The van der Waals surface area contributed by atoms with Crippen LogP contribution in [0, 0.1) is 0 Å². The van der Waals surface area contributed by atoms with Crippen molar-refractivity contribution in [3.8, 4) is 0 Å². The van der Waals surface area contributed by atoms with Crippen molar-refractivity contribution < 1.29 is 4.79 Å². The highest BCUT2D eigenvalue weighted by atomic mass is 16.1. The lowest BCUT2D eigenvalue weighted by Gasteiger charge is -2.36. The van der Waals surface area contributed by atoms with E-state index in [9.17, 15) is 4.79 Å². The van der Waals surface area contributed by atoms with Gasteiger partial charge in [0.05, 0.1) is 12.1 Å². The molecule has 1 aliphatic heterocycles. The third-order valence-corrected chi connectivity index (χ3v) is 4.52. The van der Waals surface area contributed by atoms with Crippen LogP contribution in [0.3, 0.4) is 0 Å². The predicted octanol–water partition coefficient (Wildman–Crippen LogP) is 1.11. The molecule has 0 radical (unpaired) electrons. The van der Waals surface area contributed by atoms with E-state index in [4.69, 9.17) is 0 Å². The quantitative estimate of drug-likeness (QED) is 0.809. The number of carbonyl (C=O) groups excluding carboxylic acids is 1. The zero-order valence-corrected chi connectivity index (χ0v) is 12.7. The topological polar surface area (TPSA) is 35.6 Å². The molecular formula is C15H29N3O. The van der Waals surface area contributed by atoms with Crippen molar-refractivity contribution in [2.75, 3.05) is 39.8 Å². The zero-order chi connectivity index (χ0) is 13.9. The Labute approximate surface area is 117 Å². The third kappa shape index (κ3) is 3.77. The summed E-state index contributed by atoms with van der Waals surface area (Å²) in [5, 5.41) is 3.57. The summed E-state index contributed by atoms with van der Waals surface area (Å²) in [6.07, 6.45) is 4.43. The van der Waals surface area contributed by atoms with Gasteiger partial charge in [-0.05, 0) is 33.7 Å². The molecular weight excluding hydrogens is 238 g/mol. The minimum absolute atomic E-state index is 0.225. The molecule has 0 aromatic rings. The predicted molar refractivity (Wildman–Crippen MR) is 78.4 cm³/mol. The molecule has 1 heterocycles. The van der Waals surface area contributed by atoms with Crippen molar-refractivity contribution in [3.05, 3.63) is 0 Å². The number of nitrogens with zero attached hydrogens (tertiary/aromatic N) is 2. The molecule has 1 saturated heterocycles. The molecule has 19 heavy (non-hydrogen) atoms. The summed E-state index contributed by atoms with van der Waals surface area (Å²) < 4.78 is 0. The standard InChI is InChI=1S/C15H29N3O/c1-13(2)16-15(6-4-5-7-15)14(19)12-18-10-8-17(3)9-11-18/h13,16H,4-12H2,1-3H3. The number of hydrogen-bond donors (Lipinski definition) is 1. The van der Waals surface area contributed by atoms with Gasteiger partial charge in [0.15, 0.2) is 5.78 Å². The Balaban J connectivity index is 1.92. The monoisotopic (exact) mass is 267 g/mol. The summed E-state index contributed by atoms with van der Waals surface area (Å²) in [5.41, 5.74) is -0.225. The first-order valence-electron chi connectivity index (χ1n) is 7.74. The number of piperazine rings is 1. The maximum absolute atomic E-state index is 12.7. The van der Waals surface area contributed by atoms with Gasteiger partial charge in [-0.2, -0.15) is 0 Å². The summed E-state index contributed by atoms with van der Waals surface area (Å²) in [6.45, 7) is 9.13. The van der Waals surface area contributed by atoms with Crippen LogP contribution < -0.4 is 5.32 Å². The average molecular weight is 267 g/mol. The highest BCUT2D eigenvalue weighted by Crippen LogP contribution is 2.31. The fourth-order valence-corrected chi connectivity index (χ4v) is 3.40. The number of ketones is 1. The van der Waals surface area contributed by atoms with Gasteiger partial charge in [0.25, 0.3) is 0 Å². The molecule has 1 aliphatic carbocycles. The van der Waals surface area contributed by atoms with Crippen molar-refractivity contribution >= 4 is 5.78 Å². The van der Waals surface area contributed by atoms with E-state index < -0.39 is 0 Å².